The minimum Gasteiger partial charge on any atom is -0.497 e. The van der Waals surface area contributed by atoms with Crippen molar-refractivity contribution in [3.05, 3.63) is 72.2 Å². The fourth-order valence-electron chi connectivity index (χ4n) is 4.28. The number of rotatable bonds is 8. The van der Waals surface area contributed by atoms with Crippen LogP contribution < -0.4 is 15.4 Å². The number of nitrogens with zero attached hydrogens (tertiary/aromatic N) is 3. The van der Waals surface area contributed by atoms with Crippen LogP contribution in [-0.2, 0) is 20.9 Å². The van der Waals surface area contributed by atoms with Gasteiger partial charge in [-0.25, -0.2) is 14.8 Å². The van der Waals surface area contributed by atoms with Gasteiger partial charge in [0.2, 0.25) is 5.91 Å². The van der Waals surface area contributed by atoms with Gasteiger partial charge in [0.15, 0.2) is 0 Å². The van der Waals surface area contributed by atoms with Crippen molar-refractivity contribution in [2.75, 3.05) is 45.3 Å². The summed E-state index contributed by atoms with van der Waals surface area (Å²) in [7, 11) is 1.61. The quantitative estimate of drug-likeness (QED) is 0.233. The van der Waals surface area contributed by atoms with E-state index < -0.39 is 12.1 Å². The number of alkyl halides is 3. The molecule has 0 bridgehead atoms. The standard InChI is InChI=1S/C27H28N6O4.C2HF3O2/c1-36-20-4-2-3-18(13-20)15-30-24(34)16-29-23-6-5-19(25-21-7-8-28-26(21)32-17-31-25)14-22(23)27(35)33-9-11-37-12-10-33;3-2(4,5)1(6)7/h2-8,13-14,17,29H,9-12,15-16H2,1H3,(H,30,34)(H,28,31,32);(H,6,7). The number of carbonyl (C=O) groups is 3. The Morgan fingerprint density at radius 3 is 2.55 bits per heavy atom. The summed E-state index contributed by atoms with van der Waals surface area (Å²) in [6, 6.07) is 15.0. The molecule has 1 saturated heterocycles. The van der Waals surface area contributed by atoms with E-state index in [9.17, 15) is 22.8 Å². The summed E-state index contributed by atoms with van der Waals surface area (Å²) in [4.78, 5) is 48.6. The number of benzene rings is 2. The van der Waals surface area contributed by atoms with Gasteiger partial charge in [-0.05, 0) is 35.9 Å². The highest BCUT2D eigenvalue weighted by Gasteiger charge is 2.38. The monoisotopic (exact) mass is 614 g/mol. The van der Waals surface area contributed by atoms with E-state index in [1.165, 1.54) is 6.33 Å². The van der Waals surface area contributed by atoms with Gasteiger partial charge in [-0.15, -0.1) is 0 Å². The van der Waals surface area contributed by atoms with Crippen LogP contribution in [-0.4, -0.2) is 88.9 Å². The molecular weight excluding hydrogens is 585 g/mol. The van der Waals surface area contributed by atoms with E-state index in [0.29, 0.717) is 44.1 Å². The summed E-state index contributed by atoms with van der Waals surface area (Å²) in [6.45, 7) is 2.41. The summed E-state index contributed by atoms with van der Waals surface area (Å²) in [5, 5.41) is 14.0. The molecule has 1 aliphatic rings. The van der Waals surface area contributed by atoms with Crippen molar-refractivity contribution in [1.29, 1.82) is 0 Å². The number of hydrogen-bond donors (Lipinski definition) is 4. The molecule has 2 aromatic carbocycles. The summed E-state index contributed by atoms with van der Waals surface area (Å²) in [5.74, 6) is -2.34. The van der Waals surface area contributed by atoms with Crippen molar-refractivity contribution in [2.45, 2.75) is 12.7 Å². The van der Waals surface area contributed by atoms with Crippen molar-refractivity contribution >= 4 is 34.5 Å². The highest BCUT2D eigenvalue weighted by Crippen LogP contribution is 2.29. The van der Waals surface area contributed by atoms with Gasteiger partial charge in [0.1, 0.15) is 17.7 Å². The SMILES string of the molecule is COc1cccc(CNC(=O)CNc2ccc(-c3ncnc4[nH]ccc34)cc2C(=O)N2CCOCC2)c1.O=C(O)C(F)(F)F. The van der Waals surface area contributed by atoms with E-state index in [4.69, 9.17) is 19.4 Å². The second-order valence-corrected chi connectivity index (χ2v) is 9.41. The minimum atomic E-state index is -5.08. The third kappa shape index (κ3) is 8.22. The van der Waals surface area contributed by atoms with Crippen LogP contribution in [0.5, 0.6) is 5.75 Å². The van der Waals surface area contributed by atoms with E-state index >= 15 is 0 Å². The summed E-state index contributed by atoms with van der Waals surface area (Å²) >= 11 is 0. The minimum absolute atomic E-state index is 0.0161. The number of amides is 2. The largest absolute Gasteiger partial charge is 0.497 e. The summed E-state index contributed by atoms with van der Waals surface area (Å²) in [5.41, 5.74) is 4.22. The third-order valence-corrected chi connectivity index (χ3v) is 6.48. The fourth-order valence-corrected chi connectivity index (χ4v) is 4.28. The lowest BCUT2D eigenvalue weighted by Gasteiger charge is -2.28. The lowest BCUT2D eigenvalue weighted by molar-refractivity contribution is -0.192. The summed E-state index contributed by atoms with van der Waals surface area (Å²) < 4.78 is 42.4. The second kappa shape index (κ2) is 14.3. The zero-order chi connectivity index (χ0) is 31.7. The average molecular weight is 615 g/mol. The predicted molar refractivity (Wildman–Crippen MR) is 153 cm³/mol. The van der Waals surface area contributed by atoms with E-state index in [-0.39, 0.29) is 18.4 Å². The molecule has 3 heterocycles. The number of H-pyrrole nitrogens is 1. The van der Waals surface area contributed by atoms with E-state index in [1.54, 1.807) is 12.0 Å². The van der Waals surface area contributed by atoms with Crippen LogP contribution in [0.4, 0.5) is 18.9 Å². The van der Waals surface area contributed by atoms with Crippen LogP contribution in [0.15, 0.2) is 61.1 Å². The Bertz CT molecular complexity index is 1620. The molecule has 232 valence electrons. The first-order valence-corrected chi connectivity index (χ1v) is 13.3. The summed E-state index contributed by atoms with van der Waals surface area (Å²) in [6.07, 6.45) is -1.78. The molecule has 2 amide bonds. The van der Waals surface area contributed by atoms with Crippen LogP contribution in [0, 0.1) is 0 Å². The molecule has 1 aliphatic heterocycles. The number of aromatic nitrogens is 3. The number of aromatic amines is 1. The van der Waals surface area contributed by atoms with Gasteiger partial charge in [-0.1, -0.05) is 18.2 Å². The van der Waals surface area contributed by atoms with E-state index in [1.807, 2.05) is 54.7 Å². The molecule has 0 saturated carbocycles. The van der Waals surface area contributed by atoms with Gasteiger partial charge < -0.3 is 35.1 Å². The molecule has 4 aromatic rings. The number of anilines is 1. The molecule has 5 rings (SSSR count). The molecule has 0 aliphatic carbocycles. The maximum Gasteiger partial charge on any atom is 0.490 e. The lowest BCUT2D eigenvalue weighted by atomic mass is 10.0. The number of fused-ring (bicyclic) bond motifs is 1. The smallest absolute Gasteiger partial charge is 0.490 e. The maximum absolute atomic E-state index is 13.5. The van der Waals surface area contributed by atoms with Gasteiger partial charge in [-0.3, -0.25) is 9.59 Å². The molecule has 2 aromatic heterocycles. The molecular formula is C29H29F3N6O6. The predicted octanol–water partition coefficient (Wildman–Crippen LogP) is 3.47. The Morgan fingerprint density at radius 1 is 1.09 bits per heavy atom. The Morgan fingerprint density at radius 2 is 1.84 bits per heavy atom. The molecule has 12 nitrogen and oxygen atoms in total. The average Bonchev–Trinajstić information content (AvgIpc) is 3.52. The van der Waals surface area contributed by atoms with Crippen molar-refractivity contribution in [3.8, 4) is 17.0 Å². The molecule has 15 heteroatoms. The van der Waals surface area contributed by atoms with Crippen molar-refractivity contribution in [2.24, 2.45) is 0 Å². The van der Waals surface area contributed by atoms with Crippen LogP contribution in [0.2, 0.25) is 0 Å². The number of carboxylic acid groups (broad SMARTS) is 1. The first-order valence-electron chi connectivity index (χ1n) is 13.3. The van der Waals surface area contributed by atoms with Crippen LogP contribution in [0.25, 0.3) is 22.3 Å². The van der Waals surface area contributed by atoms with Crippen molar-refractivity contribution in [1.82, 2.24) is 25.2 Å². The van der Waals surface area contributed by atoms with Crippen LogP contribution >= 0.6 is 0 Å². The van der Waals surface area contributed by atoms with Crippen LogP contribution in [0.3, 0.4) is 0 Å². The molecule has 1 fully saturated rings. The second-order valence-electron chi connectivity index (χ2n) is 9.41. The highest BCUT2D eigenvalue weighted by molar-refractivity contribution is 6.02. The molecule has 0 spiro atoms. The molecule has 0 atom stereocenters. The van der Waals surface area contributed by atoms with Gasteiger partial charge in [0.05, 0.1) is 38.1 Å². The van der Waals surface area contributed by atoms with Gasteiger partial charge in [0, 0.05) is 42.5 Å². The maximum atomic E-state index is 13.5. The van der Waals surface area contributed by atoms with Gasteiger partial charge >= 0.3 is 12.1 Å². The number of morpholine rings is 1. The third-order valence-electron chi connectivity index (χ3n) is 6.48. The van der Waals surface area contributed by atoms with Crippen LogP contribution in [0.1, 0.15) is 15.9 Å². The van der Waals surface area contributed by atoms with Crippen molar-refractivity contribution in [3.63, 3.8) is 0 Å². The number of carboxylic acids is 1. The normalized spacial score (nSPS) is 13.0. The Labute approximate surface area is 249 Å². The topological polar surface area (TPSA) is 159 Å². The first kappa shape index (κ1) is 31.7. The number of halogens is 3. The number of carbonyl (C=O) groups excluding carboxylic acids is 2. The van der Waals surface area contributed by atoms with E-state index in [0.717, 1.165) is 33.6 Å². The van der Waals surface area contributed by atoms with Crippen molar-refractivity contribution < 1.29 is 42.1 Å². The molecule has 0 radical (unpaired) electrons. The number of nitrogens with one attached hydrogen (secondary N) is 3. The number of aliphatic carboxylic acids is 1. The fraction of sp³-hybridized carbons (Fsp3) is 0.276. The Kier molecular flexibility index (Phi) is 10.3. The number of methoxy groups -OCH3 is 1. The van der Waals surface area contributed by atoms with Gasteiger partial charge in [-0.2, -0.15) is 13.2 Å². The number of hydrogen-bond acceptors (Lipinski definition) is 8. The van der Waals surface area contributed by atoms with E-state index in [2.05, 4.69) is 25.6 Å². The molecule has 4 N–H and O–H groups in total. The zero-order valence-electron chi connectivity index (χ0n) is 23.5. The molecule has 44 heavy (non-hydrogen) atoms. The first-order chi connectivity index (χ1) is 21.1. The zero-order valence-corrected chi connectivity index (χ0v) is 23.5. The lowest BCUT2D eigenvalue weighted by Crippen LogP contribution is -2.41. The molecule has 0 unspecified atom stereocenters. The Balaban J connectivity index is 0.000000566. The highest BCUT2D eigenvalue weighted by atomic mass is 19.4. The van der Waals surface area contributed by atoms with Gasteiger partial charge in [0.25, 0.3) is 5.91 Å². The Hall–Kier alpha value is -5.18. The number of ether oxygens (including phenoxy) is 2.